The lowest BCUT2D eigenvalue weighted by molar-refractivity contribution is -0.121. The quantitative estimate of drug-likeness (QED) is 0.639. The van der Waals surface area contributed by atoms with Crippen LogP contribution >= 0.6 is 11.3 Å². The molecule has 0 radical (unpaired) electrons. The molecule has 6 nitrogen and oxygen atoms in total. The van der Waals surface area contributed by atoms with Gasteiger partial charge in [0.1, 0.15) is 5.82 Å². The molecule has 0 aliphatic heterocycles. The number of thiophene rings is 1. The average molecular weight is 356 g/mol. The second-order valence-electron chi connectivity index (χ2n) is 5.72. The summed E-state index contributed by atoms with van der Waals surface area (Å²) < 4.78 is 1.98. The summed E-state index contributed by atoms with van der Waals surface area (Å²) in [5, 5.41) is 9.36. The molecule has 2 heterocycles. The number of hydrogen-bond donors (Lipinski definition) is 2. The average Bonchev–Trinajstić information content (AvgIpc) is 3.26. The molecule has 3 aromatic rings. The number of carbonyl (C=O) groups is 2. The first-order valence-electron chi connectivity index (χ1n) is 8.12. The zero-order valence-electron chi connectivity index (χ0n) is 14.0. The molecule has 0 atom stereocenters. The molecule has 0 saturated heterocycles. The lowest BCUT2D eigenvalue weighted by atomic mass is 10.2. The van der Waals surface area contributed by atoms with Gasteiger partial charge in [-0.1, -0.05) is 12.1 Å². The highest BCUT2D eigenvalue weighted by Crippen LogP contribution is 2.13. The van der Waals surface area contributed by atoms with E-state index < -0.39 is 0 Å². The van der Waals surface area contributed by atoms with E-state index in [0.29, 0.717) is 31.5 Å². The van der Waals surface area contributed by atoms with Crippen LogP contribution in [0.1, 0.15) is 29.0 Å². The lowest BCUT2D eigenvalue weighted by Gasteiger charge is -2.06. The van der Waals surface area contributed by atoms with Gasteiger partial charge in [-0.2, -0.15) is 11.3 Å². The number of nitrogens with zero attached hydrogens (tertiary/aromatic N) is 2. The predicted molar refractivity (Wildman–Crippen MR) is 98.4 cm³/mol. The molecule has 7 heteroatoms. The molecule has 130 valence electrons. The first-order chi connectivity index (χ1) is 12.1. The zero-order valence-corrected chi connectivity index (χ0v) is 14.8. The number of aromatic nitrogens is 2. The number of para-hydroxylation sites is 2. The molecule has 0 bridgehead atoms. The maximum Gasteiger partial charge on any atom is 0.252 e. The molecule has 25 heavy (non-hydrogen) atoms. The van der Waals surface area contributed by atoms with Crippen LogP contribution in [0.5, 0.6) is 0 Å². The molecule has 0 aliphatic carbocycles. The molecule has 2 aromatic heterocycles. The molecule has 0 unspecified atom stereocenters. The summed E-state index contributed by atoms with van der Waals surface area (Å²) in [4.78, 5) is 28.2. The minimum atomic E-state index is -0.0960. The van der Waals surface area contributed by atoms with Crippen LogP contribution in [0.4, 0.5) is 0 Å². The van der Waals surface area contributed by atoms with E-state index in [4.69, 9.17) is 0 Å². The number of hydrogen-bond acceptors (Lipinski definition) is 4. The van der Waals surface area contributed by atoms with Crippen molar-refractivity contribution in [2.75, 3.05) is 6.54 Å². The largest absolute Gasteiger partial charge is 0.352 e. The second kappa shape index (κ2) is 7.94. The van der Waals surface area contributed by atoms with E-state index >= 15 is 0 Å². The molecule has 2 N–H and O–H groups in total. The molecule has 1 aromatic carbocycles. The normalized spacial score (nSPS) is 10.8. The van der Waals surface area contributed by atoms with E-state index in [1.165, 1.54) is 11.3 Å². The van der Waals surface area contributed by atoms with Crippen molar-refractivity contribution in [2.45, 2.75) is 19.4 Å². The minimum absolute atomic E-state index is 0.0446. The number of fused-ring (bicyclic) bond motifs is 1. The Balaban J connectivity index is 1.40. The van der Waals surface area contributed by atoms with Crippen LogP contribution < -0.4 is 10.6 Å². The maximum absolute atomic E-state index is 12.0. The van der Waals surface area contributed by atoms with Gasteiger partial charge >= 0.3 is 0 Å². The van der Waals surface area contributed by atoms with Crippen molar-refractivity contribution in [3.8, 4) is 0 Å². The molecule has 0 aliphatic rings. The third-order valence-electron chi connectivity index (χ3n) is 3.97. The van der Waals surface area contributed by atoms with Crippen LogP contribution in [-0.4, -0.2) is 27.9 Å². The Morgan fingerprint density at radius 2 is 2.04 bits per heavy atom. The van der Waals surface area contributed by atoms with Gasteiger partial charge in [0.05, 0.1) is 17.6 Å². The van der Waals surface area contributed by atoms with Gasteiger partial charge in [-0.25, -0.2) is 4.98 Å². The van der Waals surface area contributed by atoms with Gasteiger partial charge < -0.3 is 15.2 Å². The molecule has 0 fully saturated rings. The van der Waals surface area contributed by atoms with Crippen LogP contribution in [-0.2, 0) is 18.4 Å². The molecule has 0 saturated carbocycles. The molecule has 3 rings (SSSR count). The Kier molecular flexibility index (Phi) is 5.45. The monoisotopic (exact) mass is 356 g/mol. The first kappa shape index (κ1) is 17.2. The zero-order chi connectivity index (χ0) is 17.6. The number of aryl methyl sites for hydroxylation is 1. The molecule has 0 spiro atoms. The predicted octanol–water partition coefficient (Wildman–Crippen LogP) is 2.46. The van der Waals surface area contributed by atoms with Crippen LogP contribution in [0.2, 0.25) is 0 Å². The fourth-order valence-electron chi connectivity index (χ4n) is 2.57. The maximum atomic E-state index is 12.0. The Labute approximate surface area is 149 Å². The van der Waals surface area contributed by atoms with Gasteiger partial charge in [0.15, 0.2) is 0 Å². The number of amides is 2. The minimum Gasteiger partial charge on any atom is -0.352 e. The van der Waals surface area contributed by atoms with Crippen molar-refractivity contribution in [3.05, 3.63) is 52.5 Å². The summed E-state index contributed by atoms with van der Waals surface area (Å²) in [6.07, 6.45) is 0.970. The Bertz CT molecular complexity index is 870. The summed E-state index contributed by atoms with van der Waals surface area (Å²) in [7, 11) is 1.94. The number of rotatable bonds is 7. The highest BCUT2D eigenvalue weighted by atomic mass is 32.1. The van der Waals surface area contributed by atoms with E-state index in [1.807, 2.05) is 41.3 Å². The summed E-state index contributed by atoms with van der Waals surface area (Å²) in [6.45, 7) is 0.875. The molecule has 2 amide bonds. The number of imidazole rings is 1. The van der Waals surface area contributed by atoms with Crippen LogP contribution in [0.15, 0.2) is 41.1 Å². The highest BCUT2D eigenvalue weighted by molar-refractivity contribution is 7.08. The van der Waals surface area contributed by atoms with Gasteiger partial charge in [-0.05, 0) is 30.0 Å². The molecular formula is C18H20N4O2S. The Morgan fingerprint density at radius 3 is 2.80 bits per heavy atom. The fourth-order valence-corrected chi connectivity index (χ4v) is 3.20. The number of carbonyl (C=O) groups excluding carboxylic acids is 2. The smallest absolute Gasteiger partial charge is 0.252 e. The van der Waals surface area contributed by atoms with E-state index in [-0.39, 0.29) is 11.8 Å². The van der Waals surface area contributed by atoms with E-state index in [2.05, 4.69) is 15.6 Å². The second-order valence-corrected chi connectivity index (χ2v) is 6.50. The van der Waals surface area contributed by atoms with Crippen molar-refractivity contribution in [3.63, 3.8) is 0 Å². The van der Waals surface area contributed by atoms with Crippen molar-refractivity contribution in [1.82, 2.24) is 20.2 Å². The van der Waals surface area contributed by atoms with Gasteiger partial charge in [0.2, 0.25) is 5.91 Å². The number of nitrogens with one attached hydrogen (secondary N) is 2. The van der Waals surface area contributed by atoms with Gasteiger partial charge in [-0.15, -0.1) is 0 Å². The van der Waals surface area contributed by atoms with E-state index in [0.717, 1.165) is 16.9 Å². The third-order valence-corrected chi connectivity index (χ3v) is 4.66. The standard InChI is InChI=1S/C18H20N4O2S/c1-22-15-6-3-2-5-14(15)21-16(22)11-20-17(23)7-4-9-19-18(24)13-8-10-25-12-13/h2-3,5-6,8,10,12H,4,7,9,11H2,1H3,(H,19,24)(H,20,23). The third kappa shape index (κ3) is 4.24. The van der Waals surface area contributed by atoms with E-state index in [9.17, 15) is 9.59 Å². The summed E-state index contributed by atoms with van der Waals surface area (Å²) in [5.41, 5.74) is 2.63. The SMILES string of the molecule is Cn1c(CNC(=O)CCCNC(=O)c2ccsc2)nc2ccccc21. The Hall–Kier alpha value is -2.67. The van der Waals surface area contributed by atoms with Gasteiger partial charge in [-0.3, -0.25) is 9.59 Å². The summed E-state index contributed by atoms with van der Waals surface area (Å²) >= 11 is 1.49. The highest BCUT2D eigenvalue weighted by Gasteiger charge is 2.09. The fraction of sp³-hybridized carbons (Fsp3) is 0.278. The molecular weight excluding hydrogens is 336 g/mol. The number of benzene rings is 1. The van der Waals surface area contributed by atoms with Gasteiger partial charge in [0, 0.05) is 31.0 Å². The lowest BCUT2D eigenvalue weighted by Crippen LogP contribution is -2.27. The van der Waals surface area contributed by atoms with Crippen LogP contribution in [0, 0.1) is 0 Å². The van der Waals surface area contributed by atoms with Crippen LogP contribution in [0.25, 0.3) is 11.0 Å². The van der Waals surface area contributed by atoms with Crippen molar-refractivity contribution < 1.29 is 9.59 Å². The Morgan fingerprint density at radius 1 is 1.20 bits per heavy atom. The summed E-state index contributed by atoms with van der Waals surface area (Å²) in [6, 6.07) is 9.66. The van der Waals surface area contributed by atoms with Crippen molar-refractivity contribution in [1.29, 1.82) is 0 Å². The topological polar surface area (TPSA) is 76.0 Å². The summed E-state index contributed by atoms with van der Waals surface area (Å²) in [5.74, 6) is 0.679. The van der Waals surface area contributed by atoms with Crippen molar-refractivity contribution >= 4 is 34.2 Å². The van der Waals surface area contributed by atoms with E-state index in [1.54, 1.807) is 11.4 Å². The van der Waals surface area contributed by atoms with Crippen molar-refractivity contribution in [2.24, 2.45) is 7.05 Å². The van der Waals surface area contributed by atoms with Crippen LogP contribution in [0.3, 0.4) is 0 Å². The first-order valence-corrected chi connectivity index (χ1v) is 9.07. The van der Waals surface area contributed by atoms with Gasteiger partial charge in [0.25, 0.3) is 5.91 Å².